The molecule has 0 aromatic heterocycles. The minimum absolute atomic E-state index is 0.427. The summed E-state index contributed by atoms with van der Waals surface area (Å²) in [6.07, 6.45) is -0.811. The summed E-state index contributed by atoms with van der Waals surface area (Å²) in [4.78, 5) is 10.5. The number of hydrogen-bond acceptors (Lipinski definition) is 3. The van der Waals surface area contributed by atoms with E-state index in [0.717, 1.165) is 11.4 Å². The van der Waals surface area contributed by atoms with E-state index < -0.39 is 6.09 Å². The second kappa shape index (κ2) is 5.03. The number of carbonyl (C=O) groups excluding carboxylic acids is 1. The van der Waals surface area contributed by atoms with E-state index in [4.69, 9.17) is 10.5 Å². The molecule has 4 nitrogen and oxygen atoms in total. The maximum atomic E-state index is 10.5. The molecule has 0 atom stereocenters. The van der Waals surface area contributed by atoms with Crippen LogP contribution in [0.2, 0.25) is 0 Å². The number of carbonyl (C=O) groups is 1. The molecule has 1 amide bonds. The molecule has 2 aromatic carbocycles. The lowest BCUT2D eigenvalue weighted by atomic mass is 10.2. The summed E-state index contributed by atoms with van der Waals surface area (Å²) in [7, 11) is 0. The molecule has 0 aliphatic rings. The Morgan fingerprint density at radius 1 is 0.941 bits per heavy atom. The summed E-state index contributed by atoms with van der Waals surface area (Å²) < 4.78 is 4.73. The third kappa shape index (κ3) is 3.24. The van der Waals surface area contributed by atoms with Gasteiger partial charge in [-0.25, -0.2) is 4.79 Å². The van der Waals surface area contributed by atoms with E-state index in [2.05, 4.69) is 5.32 Å². The van der Waals surface area contributed by atoms with Crippen LogP contribution in [0.15, 0.2) is 54.6 Å². The molecule has 0 bridgehead atoms. The SMILES string of the molecule is NC(=O)Oc1ccc(Nc2ccccc2)cc1. The molecule has 2 rings (SSSR count). The minimum atomic E-state index is -0.811. The smallest absolute Gasteiger partial charge is 0.409 e. The van der Waals surface area contributed by atoms with Crippen LogP contribution in [-0.2, 0) is 0 Å². The van der Waals surface area contributed by atoms with Crippen molar-refractivity contribution in [3.05, 3.63) is 54.6 Å². The number of ether oxygens (including phenoxy) is 1. The van der Waals surface area contributed by atoms with Gasteiger partial charge in [0.25, 0.3) is 0 Å². The lowest BCUT2D eigenvalue weighted by Gasteiger charge is -2.06. The largest absolute Gasteiger partial charge is 0.411 e. The van der Waals surface area contributed by atoms with E-state index in [1.165, 1.54) is 0 Å². The van der Waals surface area contributed by atoms with Crippen molar-refractivity contribution in [2.45, 2.75) is 0 Å². The maximum absolute atomic E-state index is 10.5. The number of primary amides is 1. The van der Waals surface area contributed by atoms with Gasteiger partial charge in [0, 0.05) is 11.4 Å². The molecule has 0 aliphatic carbocycles. The van der Waals surface area contributed by atoms with Gasteiger partial charge in [0.15, 0.2) is 0 Å². The third-order valence-electron chi connectivity index (χ3n) is 2.14. The first-order valence-electron chi connectivity index (χ1n) is 5.13. The van der Waals surface area contributed by atoms with Crippen molar-refractivity contribution in [3.63, 3.8) is 0 Å². The third-order valence-corrected chi connectivity index (χ3v) is 2.14. The van der Waals surface area contributed by atoms with Crippen LogP contribution in [0.5, 0.6) is 5.75 Å². The normalized spacial score (nSPS) is 9.65. The molecule has 17 heavy (non-hydrogen) atoms. The molecule has 3 N–H and O–H groups in total. The van der Waals surface area contributed by atoms with Gasteiger partial charge in [-0.3, -0.25) is 0 Å². The zero-order valence-corrected chi connectivity index (χ0v) is 9.09. The molecule has 0 saturated heterocycles. The number of hydrogen-bond donors (Lipinski definition) is 2. The minimum Gasteiger partial charge on any atom is -0.411 e. The number of nitrogens with one attached hydrogen (secondary N) is 1. The van der Waals surface area contributed by atoms with Gasteiger partial charge in [-0.1, -0.05) is 18.2 Å². The summed E-state index contributed by atoms with van der Waals surface area (Å²) in [6.45, 7) is 0. The summed E-state index contributed by atoms with van der Waals surface area (Å²) in [5.41, 5.74) is 6.82. The molecule has 0 radical (unpaired) electrons. The lowest BCUT2D eigenvalue weighted by molar-refractivity contribution is 0.211. The Balaban J connectivity index is 2.06. The predicted molar refractivity (Wildman–Crippen MR) is 66.4 cm³/mol. The molecule has 86 valence electrons. The summed E-state index contributed by atoms with van der Waals surface area (Å²) in [5, 5.41) is 3.21. The number of para-hydroxylation sites is 1. The van der Waals surface area contributed by atoms with Crippen molar-refractivity contribution in [1.82, 2.24) is 0 Å². The zero-order chi connectivity index (χ0) is 12.1. The quantitative estimate of drug-likeness (QED) is 0.848. The van der Waals surface area contributed by atoms with E-state index in [-0.39, 0.29) is 0 Å². The van der Waals surface area contributed by atoms with Gasteiger partial charge in [-0.05, 0) is 36.4 Å². The maximum Gasteiger partial charge on any atom is 0.409 e. The molecule has 0 aliphatic heterocycles. The Morgan fingerprint density at radius 3 is 2.12 bits per heavy atom. The van der Waals surface area contributed by atoms with Gasteiger partial charge in [-0.15, -0.1) is 0 Å². The second-order valence-electron chi connectivity index (χ2n) is 3.44. The molecule has 2 aromatic rings. The Kier molecular flexibility index (Phi) is 3.25. The highest BCUT2D eigenvalue weighted by Gasteiger charge is 1.98. The van der Waals surface area contributed by atoms with Crippen molar-refractivity contribution in [3.8, 4) is 5.75 Å². The van der Waals surface area contributed by atoms with Crippen molar-refractivity contribution in [2.24, 2.45) is 5.73 Å². The molecule has 0 spiro atoms. The fraction of sp³-hybridized carbons (Fsp3) is 0. The molecular formula is C13H12N2O2. The van der Waals surface area contributed by atoms with Gasteiger partial charge in [0.1, 0.15) is 5.75 Å². The fourth-order valence-electron chi connectivity index (χ4n) is 1.41. The van der Waals surface area contributed by atoms with Crippen LogP contribution < -0.4 is 15.8 Å². The van der Waals surface area contributed by atoms with E-state index >= 15 is 0 Å². The van der Waals surface area contributed by atoms with E-state index in [1.807, 2.05) is 42.5 Å². The Bertz CT molecular complexity index is 495. The van der Waals surface area contributed by atoms with E-state index in [9.17, 15) is 4.79 Å². The Labute approximate surface area is 99.0 Å². The van der Waals surface area contributed by atoms with E-state index in [1.54, 1.807) is 12.1 Å². The van der Waals surface area contributed by atoms with Crippen molar-refractivity contribution >= 4 is 17.5 Å². The lowest BCUT2D eigenvalue weighted by Crippen LogP contribution is -2.16. The number of nitrogens with two attached hydrogens (primary N) is 1. The van der Waals surface area contributed by atoms with Crippen LogP contribution >= 0.6 is 0 Å². The summed E-state index contributed by atoms with van der Waals surface area (Å²) in [6, 6.07) is 16.8. The summed E-state index contributed by atoms with van der Waals surface area (Å²) in [5.74, 6) is 0.427. The molecular weight excluding hydrogens is 216 g/mol. The van der Waals surface area contributed by atoms with Gasteiger partial charge in [-0.2, -0.15) is 0 Å². The number of benzene rings is 2. The van der Waals surface area contributed by atoms with Crippen LogP contribution in [0.4, 0.5) is 16.2 Å². The van der Waals surface area contributed by atoms with Gasteiger partial charge in [0.2, 0.25) is 0 Å². The highest BCUT2D eigenvalue weighted by atomic mass is 16.5. The highest BCUT2D eigenvalue weighted by Crippen LogP contribution is 2.19. The van der Waals surface area contributed by atoms with Crippen LogP contribution in [0, 0.1) is 0 Å². The second-order valence-corrected chi connectivity index (χ2v) is 3.44. The average Bonchev–Trinajstić information content (AvgIpc) is 2.32. The number of rotatable bonds is 3. The monoisotopic (exact) mass is 228 g/mol. The number of amides is 1. The fourth-order valence-corrected chi connectivity index (χ4v) is 1.41. The van der Waals surface area contributed by atoms with Crippen molar-refractivity contribution in [2.75, 3.05) is 5.32 Å². The van der Waals surface area contributed by atoms with Gasteiger partial charge in [0.05, 0.1) is 0 Å². The molecule has 0 saturated carbocycles. The molecule has 4 heteroatoms. The van der Waals surface area contributed by atoms with Crippen molar-refractivity contribution in [1.29, 1.82) is 0 Å². The number of anilines is 2. The van der Waals surface area contributed by atoms with Crippen molar-refractivity contribution < 1.29 is 9.53 Å². The van der Waals surface area contributed by atoms with Crippen LogP contribution in [-0.4, -0.2) is 6.09 Å². The first-order valence-corrected chi connectivity index (χ1v) is 5.13. The van der Waals surface area contributed by atoms with E-state index in [0.29, 0.717) is 5.75 Å². The first kappa shape index (κ1) is 11.0. The molecule has 0 unspecified atom stereocenters. The Hall–Kier alpha value is -2.49. The summed E-state index contributed by atoms with van der Waals surface area (Å²) >= 11 is 0. The van der Waals surface area contributed by atoms with Crippen LogP contribution in [0.25, 0.3) is 0 Å². The van der Waals surface area contributed by atoms with Crippen LogP contribution in [0.1, 0.15) is 0 Å². The molecule has 0 fully saturated rings. The standard InChI is InChI=1S/C13H12N2O2/c14-13(16)17-12-8-6-11(7-9-12)15-10-4-2-1-3-5-10/h1-9,15H,(H2,14,16). The van der Waals surface area contributed by atoms with Gasteiger partial charge >= 0.3 is 6.09 Å². The van der Waals surface area contributed by atoms with Crippen LogP contribution in [0.3, 0.4) is 0 Å². The first-order chi connectivity index (χ1) is 8.24. The Morgan fingerprint density at radius 2 is 1.53 bits per heavy atom. The zero-order valence-electron chi connectivity index (χ0n) is 9.09. The highest BCUT2D eigenvalue weighted by molar-refractivity contribution is 5.68. The average molecular weight is 228 g/mol. The predicted octanol–water partition coefficient (Wildman–Crippen LogP) is 2.89. The van der Waals surface area contributed by atoms with Gasteiger partial charge < -0.3 is 15.8 Å². The molecule has 0 heterocycles. The topological polar surface area (TPSA) is 64.4 Å².